The van der Waals surface area contributed by atoms with E-state index in [1.807, 2.05) is 4.90 Å². The van der Waals surface area contributed by atoms with E-state index in [1.54, 1.807) is 17.6 Å². The van der Waals surface area contributed by atoms with Gasteiger partial charge in [0.15, 0.2) is 0 Å². The first-order valence-electron chi connectivity index (χ1n) is 8.36. The van der Waals surface area contributed by atoms with Crippen molar-refractivity contribution in [3.63, 3.8) is 0 Å². The molecule has 0 radical (unpaired) electrons. The van der Waals surface area contributed by atoms with Crippen molar-refractivity contribution in [3.05, 3.63) is 52.8 Å². The van der Waals surface area contributed by atoms with Gasteiger partial charge in [-0.05, 0) is 18.2 Å². The zero-order valence-electron chi connectivity index (χ0n) is 14.1. The Morgan fingerprint density at radius 2 is 1.93 bits per heavy atom. The van der Waals surface area contributed by atoms with Gasteiger partial charge in [-0.2, -0.15) is 13.2 Å². The molecular weight excluding hydrogens is 379 g/mol. The van der Waals surface area contributed by atoms with Crippen LogP contribution in [0, 0.1) is 0 Å². The highest BCUT2D eigenvalue weighted by molar-refractivity contribution is 7.16. The van der Waals surface area contributed by atoms with Crippen molar-refractivity contribution in [2.45, 2.75) is 12.2 Å². The fourth-order valence-corrected chi connectivity index (χ4v) is 4.06. The molecule has 1 aromatic carbocycles. The van der Waals surface area contributed by atoms with Crippen LogP contribution in [0.4, 0.5) is 13.2 Å². The summed E-state index contributed by atoms with van der Waals surface area (Å²) in [6, 6.07) is 4.87. The summed E-state index contributed by atoms with van der Waals surface area (Å²) in [7, 11) is 0. The fourth-order valence-electron chi connectivity index (χ4n) is 3.38. The predicted molar refractivity (Wildman–Crippen MR) is 94.8 cm³/mol. The fraction of sp³-hybridized carbons (Fsp3) is 0.333. The van der Waals surface area contributed by atoms with E-state index < -0.39 is 17.8 Å². The van der Waals surface area contributed by atoms with Gasteiger partial charge in [-0.1, -0.05) is 6.07 Å². The number of halogens is 3. The summed E-state index contributed by atoms with van der Waals surface area (Å²) in [6.07, 6.45) is -3.20. The van der Waals surface area contributed by atoms with E-state index >= 15 is 0 Å². The Hall–Kier alpha value is -2.23. The number of alkyl halides is 3. The quantitative estimate of drug-likeness (QED) is 0.730. The summed E-state index contributed by atoms with van der Waals surface area (Å²) >= 11 is 1.36. The Bertz CT molecular complexity index is 954. The van der Waals surface area contributed by atoms with Crippen molar-refractivity contribution in [1.29, 1.82) is 0 Å². The molecule has 1 aliphatic heterocycles. The molecule has 0 bridgehead atoms. The third-order valence-corrected chi connectivity index (χ3v) is 5.41. The summed E-state index contributed by atoms with van der Waals surface area (Å²) < 4.78 is 47.0. The largest absolute Gasteiger partial charge is 0.505 e. The maximum Gasteiger partial charge on any atom is 0.418 e. The molecule has 4 rings (SSSR count). The van der Waals surface area contributed by atoms with Gasteiger partial charge in [0.25, 0.3) is 0 Å². The Morgan fingerprint density at radius 1 is 1.15 bits per heavy atom. The molecule has 142 valence electrons. The van der Waals surface area contributed by atoms with Crippen LogP contribution in [-0.4, -0.2) is 46.3 Å². The van der Waals surface area contributed by atoms with Gasteiger partial charge in [-0.25, -0.2) is 4.98 Å². The second-order valence-electron chi connectivity index (χ2n) is 6.19. The SMILES string of the molecule is Oc1c(C(c2ncccc2C(F)(F)F)N2CCOCC2)ccc2scnc12. The van der Waals surface area contributed by atoms with Crippen molar-refractivity contribution < 1.29 is 23.0 Å². The van der Waals surface area contributed by atoms with Crippen LogP contribution in [0.1, 0.15) is 22.9 Å². The number of rotatable bonds is 3. The second-order valence-corrected chi connectivity index (χ2v) is 7.07. The lowest BCUT2D eigenvalue weighted by Crippen LogP contribution is -2.40. The molecule has 3 aromatic rings. The van der Waals surface area contributed by atoms with E-state index in [1.165, 1.54) is 23.6 Å². The summed E-state index contributed by atoms with van der Waals surface area (Å²) in [5, 5.41) is 10.8. The number of phenols is 1. The molecular formula is C18H16F3N3O2S. The number of benzene rings is 1. The van der Waals surface area contributed by atoms with Crippen molar-refractivity contribution in [2.75, 3.05) is 26.3 Å². The van der Waals surface area contributed by atoms with Gasteiger partial charge < -0.3 is 9.84 Å². The molecule has 0 amide bonds. The summed E-state index contributed by atoms with van der Waals surface area (Å²) in [6.45, 7) is 1.69. The van der Waals surface area contributed by atoms with Gasteiger partial charge in [0.1, 0.15) is 11.3 Å². The number of hydrogen-bond acceptors (Lipinski definition) is 6. The van der Waals surface area contributed by atoms with Crippen molar-refractivity contribution in [3.8, 4) is 5.75 Å². The molecule has 27 heavy (non-hydrogen) atoms. The molecule has 3 heterocycles. The molecule has 0 aliphatic carbocycles. The normalized spacial score (nSPS) is 17.3. The van der Waals surface area contributed by atoms with Gasteiger partial charge in [-0.15, -0.1) is 11.3 Å². The third kappa shape index (κ3) is 3.38. The Labute approximate surface area is 157 Å². The first-order chi connectivity index (χ1) is 13.0. The first kappa shape index (κ1) is 18.1. The lowest BCUT2D eigenvalue weighted by atomic mass is 9.95. The number of aromatic nitrogens is 2. The van der Waals surface area contributed by atoms with Crippen LogP contribution >= 0.6 is 11.3 Å². The Balaban J connectivity index is 1.91. The molecule has 1 saturated heterocycles. The standard InChI is InChI=1S/C18H16F3N3O2S/c19-18(20,21)12-2-1-5-22-14(12)16(24-6-8-26-9-7-24)11-3-4-13-15(17(11)25)23-10-27-13/h1-5,10,16,25H,6-9H2. The van der Waals surface area contributed by atoms with E-state index in [2.05, 4.69) is 9.97 Å². The maximum atomic E-state index is 13.6. The number of fused-ring (bicyclic) bond motifs is 1. The number of hydrogen-bond donors (Lipinski definition) is 1. The molecule has 0 saturated carbocycles. The van der Waals surface area contributed by atoms with Crippen LogP contribution < -0.4 is 0 Å². The van der Waals surface area contributed by atoms with E-state index in [-0.39, 0.29) is 11.4 Å². The number of pyridine rings is 1. The third-order valence-electron chi connectivity index (χ3n) is 4.62. The molecule has 5 nitrogen and oxygen atoms in total. The van der Waals surface area contributed by atoms with Crippen molar-refractivity contribution >= 4 is 21.6 Å². The molecule has 1 aliphatic rings. The number of aromatic hydroxyl groups is 1. The molecule has 2 aromatic heterocycles. The minimum absolute atomic E-state index is 0.107. The summed E-state index contributed by atoms with van der Waals surface area (Å²) in [5.41, 5.74) is 1.41. The predicted octanol–water partition coefficient (Wildman–Crippen LogP) is 3.84. The van der Waals surface area contributed by atoms with E-state index in [4.69, 9.17) is 4.74 Å². The first-order valence-corrected chi connectivity index (χ1v) is 9.24. The minimum atomic E-state index is -4.55. The molecule has 0 spiro atoms. The van der Waals surface area contributed by atoms with Gasteiger partial charge in [0, 0.05) is 24.8 Å². The van der Waals surface area contributed by atoms with Crippen LogP contribution in [0.5, 0.6) is 5.75 Å². The number of phenolic OH excluding ortho intramolecular Hbond substituents is 1. The van der Waals surface area contributed by atoms with Gasteiger partial charge in [0.2, 0.25) is 0 Å². The minimum Gasteiger partial charge on any atom is -0.505 e. The molecule has 1 atom stereocenters. The molecule has 9 heteroatoms. The van der Waals surface area contributed by atoms with Crippen LogP contribution in [0.3, 0.4) is 0 Å². The van der Waals surface area contributed by atoms with E-state index in [0.717, 1.165) is 10.8 Å². The number of nitrogens with zero attached hydrogens (tertiary/aromatic N) is 3. The van der Waals surface area contributed by atoms with Gasteiger partial charge >= 0.3 is 6.18 Å². The van der Waals surface area contributed by atoms with E-state index in [9.17, 15) is 18.3 Å². The summed E-state index contributed by atoms with van der Waals surface area (Å²) in [4.78, 5) is 10.1. The Kier molecular flexibility index (Phi) is 4.75. The monoisotopic (exact) mass is 395 g/mol. The van der Waals surface area contributed by atoms with Crippen LogP contribution in [0.25, 0.3) is 10.2 Å². The van der Waals surface area contributed by atoms with E-state index in [0.29, 0.717) is 37.4 Å². The molecule has 1 fully saturated rings. The smallest absolute Gasteiger partial charge is 0.418 e. The van der Waals surface area contributed by atoms with Gasteiger partial charge in [-0.3, -0.25) is 9.88 Å². The average Bonchev–Trinajstić information content (AvgIpc) is 3.14. The number of morpholine rings is 1. The van der Waals surface area contributed by atoms with Crippen molar-refractivity contribution in [1.82, 2.24) is 14.9 Å². The van der Waals surface area contributed by atoms with Gasteiger partial charge in [0.05, 0.1) is 40.7 Å². The highest BCUT2D eigenvalue weighted by atomic mass is 32.1. The maximum absolute atomic E-state index is 13.6. The molecule has 1 N–H and O–H groups in total. The zero-order chi connectivity index (χ0) is 19.0. The Morgan fingerprint density at radius 3 is 2.67 bits per heavy atom. The van der Waals surface area contributed by atoms with Crippen molar-refractivity contribution in [2.24, 2.45) is 0 Å². The zero-order valence-corrected chi connectivity index (χ0v) is 14.9. The number of thiazole rings is 1. The average molecular weight is 395 g/mol. The highest BCUT2D eigenvalue weighted by Crippen LogP contribution is 2.42. The van der Waals surface area contributed by atoms with Crippen LogP contribution in [-0.2, 0) is 10.9 Å². The highest BCUT2D eigenvalue weighted by Gasteiger charge is 2.39. The number of ether oxygens (including phenoxy) is 1. The molecule has 1 unspecified atom stereocenters. The topological polar surface area (TPSA) is 58.5 Å². The van der Waals surface area contributed by atoms with Crippen LogP contribution in [0.15, 0.2) is 36.0 Å². The van der Waals surface area contributed by atoms with Crippen LogP contribution in [0.2, 0.25) is 0 Å². The summed E-state index contributed by atoms with van der Waals surface area (Å²) in [5.74, 6) is -0.107. The second kappa shape index (κ2) is 7.06. The lowest BCUT2D eigenvalue weighted by molar-refractivity contribution is -0.139. The lowest BCUT2D eigenvalue weighted by Gasteiger charge is -2.35.